The molecule has 0 spiro atoms. The summed E-state index contributed by atoms with van der Waals surface area (Å²) in [5, 5.41) is 7.56. The van der Waals surface area contributed by atoms with Gasteiger partial charge in [-0.05, 0) is 18.8 Å². The topological polar surface area (TPSA) is 46.9 Å². The Morgan fingerprint density at radius 1 is 1.53 bits per heavy atom. The third kappa shape index (κ3) is 2.80. The Labute approximate surface area is 106 Å². The average Bonchev–Trinajstić information content (AvgIpc) is 2.30. The summed E-state index contributed by atoms with van der Waals surface area (Å²) < 4.78 is 1.25. The minimum Gasteiger partial charge on any atom is -0.380 e. The normalized spacial score (nSPS) is 24.6. The Morgan fingerprint density at radius 3 is 3.00 bits per heavy atom. The van der Waals surface area contributed by atoms with Crippen LogP contribution in [0.2, 0.25) is 5.02 Å². The maximum Gasteiger partial charge on any atom is 0.287 e. The minimum atomic E-state index is -0.250. The van der Waals surface area contributed by atoms with Crippen molar-refractivity contribution in [3.8, 4) is 0 Å². The number of halogens is 1. The van der Waals surface area contributed by atoms with Crippen molar-refractivity contribution in [2.75, 3.05) is 5.32 Å². The van der Waals surface area contributed by atoms with Gasteiger partial charge in [0.25, 0.3) is 5.56 Å². The van der Waals surface area contributed by atoms with Crippen LogP contribution in [0.5, 0.6) is 0 Å². The smallest absolute Gasteiger partial charge is 0.287 e. The van der Waals surface area contributed by atoms with E-state index >= 15 is 0 Å². The van der Waals surface area contributed by atoms with E-state index < -0.39 is 0 Å². The molecule has 0 bridgehead atoms. The SMILES string of the molecule is CC1CCCC(Nc2cnn(C)c(=O)c2Cl)C1. The lowest BCUT2D eigenvalue weighted by Crippen LogP contribution is -2.28. The highest BCUT2D eigenvalue weighted by Crippen LogP contribution is 2.27. The lowest BCUT2D eigenvalue weighted by molar-refractivity contribution is 0.358. The molecule has 0 aliphatic heterocycles. The molecular weight excluding hydrogens is 238 g/mol. The van der Waals surface area contributed by atoms with Gasteiger partial charge in [0, 0.05) is 13.1 Å². The van der Waals surface area contributed by atoms with Crippen molar-refractivity contribution < 1.29 is 0 Å². The Balaban J connectivity index is 2.13. The molecule has 1 N–H and O–H groups in total. The fourth-order valence-electron chi connectivity index (χ4n) is 2.40. The summed E-state index contributed by atoms with van der Waals surface area (Å²) in [5.41, 5.74) is 0.411. The molecule has 5 heteroatoms. The fourth-order valence-corrected chi connectivity index (χ4v) is 2.62. The third-order valence-corrected chi connectivity index (χ3v) is 3.74. The van der Waals surface area contributed by atoms with Crippen LogP contribution < -0.4 is 10.9 Å². The van der Waals surface area contributed by atoms with Gasteiger partial charge in [-0.15, -0.1) is 0 Å². The van der Waals surface area contributed by atoms with Crippen LogP contribution in [0.15, 0.2) is 11.0 Å². The van der Waals surface area contributed by atoms with Gasteiger partial charge in [-0.3, -0.25) is 4.79 Å². The van der Waals surface area contributed by atoms with E-state index in [0.29, 0.717) is 11.7 Å². The molecule has 1 saturated carbocycles. The second-order valence-electron chi connectivity index (χ2n) is 4.91. The summed E-state index contributed by atoms with van der Waals surface area (Å²) in [6.45, 7) is 2.26. The monoisotopic (exact) mass is 255 g/mol. The summed E-state index contributed by atoms with van der Waals surface area (Å²) in [5.74, 6) is 0.736. The molecule has 0 aromatic carbocycles. The highest BCUT2D eigenvalue weighted by molar-refractivity contribution is 6.32. The van der Waals surface area contributed by atoms with Crippen LogP contribution >= 0.6 is 11.6 Å². The number of hydrogen-bond donors (Lipinski definition) is 1. The second kappa shape index (κ2) is 5.08. The number of aromatic nitrogens is 2. The molecule has 0 saturated heterocycles. The predicted octanol–water partition coefficient (Wildman–Crippen LogP) is 2.42. The highest BCUT2D eigenvalue weighted by Gasteiger charge is 2.20. The quantitative estimate of drug-likeness (QED) is 0.883. The van der Waals surface area contributed by atoms with Crippen LogP contribution in [-0.2, 0) is 7.05 Å². The number of hydrogen-bond acceptors (Lipinski definition) is 3. The Hall–Kier alpha value is -1.03. The number of rotatable bonds is 2. The van der Waals surface area contributed by atoms with Crippen LogP contribution in [0.1, 0.15) is 32.6 Å². The first-order valence-electron chi connectivity index (χ1n) is 6.06. The highest BCUT2D eigenvalue weighted by atomic mass is 35.5. The lowest BCUT2D eigenvalue weighted by atomic mass is 9.87. The summed E-state index contributed by atoms with van der Waals surface area (Å²) in [6.07, 6.45) is 6.42. The molecule has 1 fully saturated rings. The summed E-state index contributed by atoms with van der Waals surface area (Å²) in [6, 6.07) is 0.408. The standard InChI is InChI=1S/C12H18ClN3O/c1-8-4-3-5-9(6-8)15-10-7-14-16(2)12(17)11(10)13/h7-9,15H,3-6H2,1-2H3. The number of anilines is 1. The van der Waals surface area contributed by atoms with Crippen LogP contribution in [0.3, 0.4) is 0 Å². The molecule has 1 aliphatic rings. The van der Waals surface area contributed by atoms with E-state index in [1.165, 1.54) is 17.5 Å². The molecule has 17 heavy (non-hydrogen) atoms. The fraction of sp³-hybridized carbons (Fsp3) is 0.667. The molecule has 2 unspecified atom stereocenters. The van der Waals surface area contributed by atoms with Crippen LogP contribution in [-0.4, -0.2) is 15.8 Å². The predicted molar refractivity (Wildman–Crippen MR) is 69.5 cm³/mol. The van der Waals surface area contributed by atoms with Gasteiger partial charge in [-0.25, -0.2) is 4.68 Å². The number of nitrogens with zero attached hydrogens (tertiary/aromatic N) is 2. The van der Waals surface area contributed by atoms with Crippen molar-refractivity contribution in [2.24, 2.45) is 13.0 Å². The van der Waals surface area contributed by atoms with Crippen molar-refractivity contribution >= 4 is 17.3 Å². The van der Waals surface area contributed by atoms with Crippen molar-refractivity contribution in [3.63, 3.8) is 0 Å². The first-order valence-corrected chi connectivity index (χ1v) is 6.44. The van der Waals surface area contributed by atoms with Gasteiger partial charge in [0.05, 0.1) is 11.9 Å². The molecule has 0 radical (unpaired) electrons. The molecule has 1 heterocycles. The van der Waals surface area contributed by atoms with E-state index in [1.807, 2.05) is 0 Å². The molecule has 2 rings (SSSR count). The number of aryl methyl sites for hydroxylation is 1. The lowest BCUT2D eigenvalue weighted by Gasteiger charge is -2.28. The van der Waals surface area contributed by atoms with Crippen molar-refractivity contribution in [1.82, 2.24) is 9.78 Å². The van der Waals surface area contributed by atoms with Crippen molar-refractivity contribution in [1.29, 1.82) is 0 Å². The van der Waals surface area contributed by atoms with E-state index in [4.69, 9.17) is 11.6 Å². The first kappa shape index (κ1) is 12.4. The Morgan fingerprint density at radius 2 is 2.29 bits per heavy atom. The average molecular weight is 256 g/mol. The van der Waals surface area contributed by atoms with E-state index in [2.05, 4.69) is 17.3 Å². The molecule has 4 nitrogen and oxygen atoms in total. The maximum atomic E-state index is 11.6. The molecule has 0 amide bonds. The van der Waals surface area contributed by atoms with Gasteiger partial charge in [0.15, 0.2) is 0 Å². The summed E-state index contributed by atoms with van der Waals surface area (Å²) in [7, 11) is 1.60. The minimum absolute atomic E-state index is 0.237. The van der Waals surface area contributed by atoms with Gasteiger partial charge < -0.3 is 5.32 Å². The van der Waals surface area contributed by atoms with E-state index in [9.17, 15) is 4.79 Å². The number of nitrogens with one attached hydrogen (secondary N) is 1. The van der Waals surface area contributed by atoms with E-state index in [1.54, 1.807) is 13.2 Å². The third-order valence-electron chi connectivity index (χ3n) is 3.37. The molecular formula is C12H18ClN3O. The second-order valence-corrected chi connectivity index (χ2v) is 5.29. The zero-order valence-electron chi connectivity index (χ0n) is 10.2. The molecule has 94 valence electrons. The molecule has 1 aromatic heterocycles. The summed E-state index contributed by atoms with van der Waals surface area (Å²) >= 11 is 6.02. The van der Waals surface area contributed by atoms with E-state index in [0.717, 1.165) is 18.8 Å². The largest absolute Gasteiger partial charge is 0.380 e. The Kier molecular flexibility index (Phi) is 3.72. The van der Waals surface area contributed by atoms with Crippen LogP contribution in [0.4, 0.5) is 5.69 Å². The molecule has 2 atom stereocenters. The van der Waals surface area contributed by atoms with Gasteiger partial charge in [-0.2, -0.15) is 5.10 Å². The Bertz CT molecular complexity index is 458. The van der Waals surface area contributed by atoms with Crippen molar-refractivity contribution in [3.05, 3.63) is 21.6 Å². The zero-order valence-corrected chi connectivity index (χ0v) is 11.0. The zero-order chi connectivity index (χ0) is 12.4. The molecule has 1 aromatic rings. The van der Waals surface area contributed by atoms with Crippen LogP contribution in [0.25, 0.3) is 0 Å². The van der Waals surface area contributed by atoms with E-state index in [-0.39, 0.29) is 10.6 Å². The maximum absolute atomic E-state index is 11.6. The molecule has 1 aliphatic carbocycles. The van der Waals surface area contributed by atoms with Gasteiger partial charge in [0.1, 0.15) is 5.02 Å². The van der Waals surface area contributed by atoms with Crippen LogP contribution in [0, 0.1) is 5.92 Å². The van der Waals surface area contributed by atoms with Crippen molar-refractivity contribution in [2.45, 2.75) is 38.6 Å². The van der Waals surface area contributed by atoms with Gasteiger partial charge >= 0.3 is 0 Å². The van der Waals surface area contributed by atoms with Gasteiger partial charge in [-0.1, -0.05) is 31.4 Å². The van der Waals surface area contributed by atoms with Gasteiger partial charge in [0.2, 0.25) is 0 Å². The first-order chi connectivity index (χ1) is 8.08. The summed E-state index contributed by atoms with van der Waals surface area (Å²) in [4.78, 5) is 11.6.